The van der Waals surface area contributed by atoms with Crippen LogP contribution in [0.2, 0.25) is 0 Å². The highest BCUT2D eigenvalue weighted by Crippen LogP contribution is 2.54. The maximum Gasteiger partial charge on any atom is -0.0203 e. The van der Waals surface area contributed by atoms with Gasteiger partial charge in [-0.1, -0.05) is 82.9 Å². The monoisotopic (exact) mass is 274 g/mol. The molecule has 2 heteroatoms. The van der Waals surface area contributed by atoms with Gasteiger partial charge >= 0.3 is 0 Å². The fourth-order valence-electron chi connectivity index (χ4n) is 2.13. The molecule has 0 radical (unpaired) electrons. The van der Waals surface area contributed by atoms with Crippen LogP contribution in [0.5, 0.6) is 0 Å². The summed E-state index contributed by atoms with van der Waals surface area (Å²) in [7, 11) is 0.143. The van der Waals surface area contributed by atoms with E-state index in [1.165, 1.54) is 6.42 Å². The molecule has 0 aromatic rings. The molecule has 0 amide bonds. The molecule has 0 N–H and O–H groups in total. The Morgan fingerprint density at radius 3 is 1.35 bits per heavy atom. The van der Waals surface area contributed by atoms with E-state index in [0.717, 1.165) is 22.6 Å². The second-order valence-electron chi connectivity index (χ2n) is 5.73. The van der Waals surface area contributed by atoms with E-state index >= 15 is 0 Å². The Kier molecular flexibility index (Phi) is 8.96. The molecule has 0 aliphatic heterocycles. The summed E-state index contributed by atoms with van der Waals surface area (Å²) in [6.45, 7) is 19.0. The molecule has 0 aromatic heterocycles. The summed E-state index contributed by atoms with van der Waals surface area (Å²) in [6.07, 6.45) is 1.31. The van der Waals surface area contributed by atoms with E-state index in [-0.39, 0.29) is 15.8 Å². The van der Waals surface area contributed by atoms with Gasteiger partial charge in [0.2, 0.25) is 0 Å². The van der Waals surface area contributed by atoms with Gasteiger partial charge in [0.25, 0.3) is 0 Å². The van der Waals surface area contributed by atoms with Crippen molar-refractivity contribution in [3.05, 3.63) is 11.6 Å². The first-order chi connectivity index (χ1) is 7.81. The third-order valence-corrected chi connectivity index (χ3v) is 9.48. The zero-order valence-corrected chi connectivity index (χ0v) is 14.9. The molecule has 0 aliphatic carbocycles. The highest BCUT2D eigenvalue weighted by atomic mass is 31.1. The van der Waals surface area contributed by atoms with Gasteiger partial charge in [-0.2, -0.15) is 0 Å². The first-order valence-corrected chi connectivity index (χ1v) is 10.1. The fraction of sp³-hybridized carbons (Fsp3) is 0.867. The van der Waals surface area contributed by atoms with Crippen molar-refractivity contribution in [2.75, 3.05) is 0 Å². The van der Waals surface area contributed by atoms with E-state index in [9.17, 15) is 0 Å². The van der Waals surface area contributed by atoms with E-state index in [2.05, 4.69) is 67.0 Å². The minimum Gasteiger partial charge on any atom is -0.0779 e. The molecule has 2 atom stereocenters. The first-order valence-electron chi connectivity index (χ1n) is 7.04. The van der Waals surface area contributed by atoms with Crippen molar-refractivity contribution < 1.29 is 0 Å². The van der Waals surface area contributed by atoms with Crippen molar-refractivity contribution in [2.45, 2.75) is 84.4 Å². The normalized spacial score (nSPS) is 16.7. The summed E-state index contributed by atoms with van der Waals surface area (Å²) in [5.41, 5.74) is 3.34. The molecule has 0 spiro atoms. The molecule has 17 heavy (non-hydrogen) atoms. The van der Waals surface area contributed by atoms with Gasteiger partial charge in [-0.3, -0.25) is 0 Å². The fourth-order valence-corrected chi connectivity index (χ4v) is 7.32. The van der Waals surface area contributed by atoms with Gasteiger partial charge < -0.3 is 0 Å². The van der Waals surface area contributed by atoms with Gasteiger partial charge in [0.1, 0.15) is 0 Å². The Balaban J connectivity index is 4.72. The van der Waals surface area contributed by atoms with E-state index in [1.54, 1.807) is 0 Å². The minimum atomic E-state index is 0.0699. The lowest BCUT2D eigenvalue weighted by Gasteiger charge is -2.27. The summed E-state index contributed by atoms with van der Waals surface area (Å²) >= 11 is 0. The Morgan fingerprint density at radius 2 is 1.06 bits per heavy atom. The van der Waals surface area contributed by atoms with Crippen LogP contribution in [0, 0.1) is 0 Å². The lowest BCUT2D eigenvalue weighted by Crippen LogP contribution is -2.05. The molecule has 0 saturated carbocycles. The zero-order valence-electron chi connectivity index (χ0n) is 13.1. The maximum absolute atomic E-state index is 2.60. The van der Waals surface area contributed by atoms with Gasteiger partial charge in [-0.15, -0.1) is 0 Å². The zero-order chi connectivity index (χ0) is 13.6. The first kappa shape index (κ1) is 17.6. The predicted octanol–water partition coefficient (Wildman–Crippen LogP) is 6.45. The average Bonchev–Trinajstić information content (AvgIpc) is 2.21. The standard InChI is InChI=1S/C15H32P2/c1-9-15(8)17(14(6)7)11-10-16(12(2)3)13(4)5/h10-15H,9H2,1-8H3. The highest BCUT2D eigenvalue weighted by molar-refractivity contribution is 7.66. The number of hydrogen-bond donors (Lipinski definition) is 0. The lowest BCUT2D eigenvalue weighted by molar-refractivity contribution is 0.878. The molecule has 2 unspecified atom stereocenters. The van der Waals surface area contributed by atoms with Crippen molar-refractivity contribution >= 4 is 15.8 Å². The SMILES string of the molecule is CCC(C)P(C=CP(C(C)C)C(C)C)C(C)C. The smallest absolute Gasteiger partial charge is 0.0203 e. The van der Waals surface area contributed by atoms with Crippen LogP contribution in [0.15, 0.2) is 11.6 Å². The van der Waals surface area contributed by atoms with Crippen molar-refractivity contribution in [3.63, 3.8) is 0 Å². The summed E-state index contributed by atoms with van der Waals surface area (Å²) in [5.74, 6) is 5.18. The molecule has 0 rings (SSSR count). The summed E-state index contributed by atoms with van der Waals surface area (Å²) in [6, 6.07) is 0. The van der Waals surface area contributed by atoms with Crippen LogP contribution in [0.1, 0.15) is 61.8 Å². The minimum absolute atomic E-state index is 0.0699. The predicted molar refractivity (Wildman–Crippen MR) is 88.1 cm³/mol. The van der Waals surface area contributed by atoms with Gasteiger partial charge in [-0.25, -0.2) is 0 Å². The average molecular weight is 274 g/mol. The molecule has 0 bridgehead atoms. The lowest BCUT2D eigenvalue weighted by atomic mass is 10.4. The van der Waals surface area contributed by atoms with E-state index in [1.807, 2.05) is 0 Å². The Bertz CT molecular complexity index is 211. The largest absolute Gasteiger partial charge is 0.0779 e. The van der Waals surface area contributed by atoms with Crippen LogP contribution >= 0.6 is 15.8 Å². The van der Waals surface area contributed by atoms with Crippen molar-refractivity contribution in [1.29, 1.82) is 0 Å². The number of hydrogen-bond acceptors (Lipinski definition) is 0. The van der Waals surface area contributed by atoms with Gasteiger partial charge in [-0.05, 0) is 29.1 Å². The molecule has 102 valence electrons. The van der Waals surface area contributed by atoms with Crippen LogP contribution in [0.3, 0.4) is 0 Å². The molecule has 0 saturated heterocycles. The van der Waals surface area contributed by atoms with Gasteiger partial charge in [0.05, 0.1) is 0 Å². The van der Waals surface area contributed by atoms with Gasteiger partial charge in [0, 0.05) is 0 Å². The number of rotatable bonds is 7. The van der Waals surface area contributed by atoms with Crippen molar-refractivity contribution in [1.82, 2.24) is 0 Å². The quantitative estimate of drug-likeness (QED) is 0.468. The third-order valence-electron chi connectivity index (χ3n) is 3.30. The van der Waals surface area contributed by atoms with Crippen LogP contribution in [0.25, 0.3) is 0 Å². The topological polar surface area (TPSA) is 0 Å². The Labute approximate surface area is 112 Å². The van der Waals surface area contributed by atoms with Crippen molar-refractivity contribution in [2.24, 2.45) is 0 Å². The molecule has 0 aliphatic rings. The molecular weight excluding hydrogens is 242 g/mol. The van der Waals surface area contributed by atoms with Gasteiger partial charge in [0.15, 0.2) is 0 Å². The summed E-state index contributed by atoms with van der Waals surface area (Å²) in [4.78, 5) is 0. The molecule has 0 nitrogen and oxygen atoms in total. The Morgan fingerprint density at radius 1 is 0.706 bits per heavy atom. The second-order valence-corrected chi connectivity index (χ2v) is 12.1. The summed E-state index contributed by atoms with van der Waals surface area (Å²) in [5, 5.41) is 0. The third kappa shape index (κ3) is 6.35. The Hall–Kier alpha value is 0.600. The van der Waals surface area contributed by atoms with Crippen LogP contribution < -0.4 is 0 Å². The molecular formula is C15H32P2. The molecule has 0 aromatic carbocycles. The maximum atomic E-state index is 2.60. The highest BCUT2D eigenvalue weighted by Gasteiger charge is 2.18. The molecule has 0 fully saturated rings. The van der Waals surface area contributed by atoms with Crippen LogP contribution in [0.4, 0.5) is 0 Å². The van der Waals surface area contributed by atoms with E-state index < -0.39 is 0 Å². The van der Waals surface area contributed by atoms with Crippen LogP contribution in [-0.2, 0) is 0 Å². The van der Waals surface area contributed by atoms with E-state index in [0.29, 0.717) is 0 Å². The second kappa shape index (κ2) is 8.66. The van der Waals surface area contributed by atoms with Crippen molar-refractivity contribution in [3.8, 4) is 0 Å². The van der Waals surface area contributed by atoms with Crippen LogP contribution in [-0.4, -0.2) is 22.6 Å². The molecule has 0 heterocycles. The van der Waals surface area contributed by atoms with E-state index in [4.69, 9.17) is 0 Å². The summed E-state index contributed by atoms with van der Waals surface area (Å²) < 4.78 is 0.